The van der Waals surface area contributed by atoms with E-state index < -0.39 is 0 Å². The quantitative estimate of drug-likeness (QED) is 0.302. The van der Waals surface area contributed by atoms with Gasteiger partial charge in [-0.25, -0.2) is 0 Å². The molecule has 1 nitrogen and oxygen atoms in total. The molecular formula is C32H58O. The molecule has 33 heavy (non-hydrogen) atoms. The van der Waals surface area contributed by atoms with Crippen molar-refractivity contribution in [2.45, 2.75) is 152 Å². The Morgan fingerprint density at radius 1 is 0.697 bits per heavy atom. The predicted octanol–water partition coefficient (Wildman–Crippen LogP) is 10.5. The number of fused-ring (bicyclic) bond motifs is 1. The van der Waals surface area contributed by atoms with Crippen LogP contribution in [0, 0.1) is 45.4 Å². The normalized spacial score (nSPS) is 19.4. The SMILES string of the molecule is CC.Cc1c(C)c(C)c2c(c1C)CCC(C)(CCCC(C)CCCC(C)CCCC(C)C)O2. The highest BCUT2D eigenvalue weighted by molar-refractivity contribution is 5.55. The molecule has 1 aliphatic rings. The van der Waals surface area contributed by atoms with Crippen molar-refractivity contribution in [3.63, 3.8) is 0 Å². The van der Waals surface area contributed by atoms with Crippen LogP contribution in [-0.2, 0) is 6.42 Å². The highest BCUT2D eigenvalue weighted by Crippen LogP contribution is 2.42. The molecule has 0 N–H and O–H groups in total. The first-order valence-corrected chi connectivity index (χ1v) is 14.3. The van der Waals surface area contributed by atoms with Gasteiger partial charge in [0.2, 0.25) is 0 Å². The fraction of sp³-hybridized carbons (Fsp3) is 0.812. The van der Waals surface area contributed by atoms with Gasteiger partial charge in [-0.05, 0) is 106 Å². The summed E-state index contributed by atoms with van der Waals surface area (Å²) in [7, 11) is 0. The average molecular weight is 459 g/mol. The molecule has 2 rings (SSSR count). The second-order valence-electron chi connectivity index (χ2n) is 11.7. The monoisotopic (exact) mass is 458 g/mol. The Morgan fingerprint density at radius 2 is 1.18 bits per heavy atom. The largest absolute Gasteiger partial charge is 0.487 e. The Hall–Kier alpha value is -0.980. The van der Waals surface area contributed by atoms with Crippen LogP contribution >= 0.6 is 0 Å². The van der Waals surface area contributed by atoms with Crippen LogP contribution in [-0.4, -0.2) is 5.60 Å². The summed E-state index contributed by atoms with van der Waals surface area (Å²) in [6.07, 6.45) is 14.6. The van der Waals surface area contributed by atoms with Crippen molar-refractivity contribution in [2.75, 3.05) is 0 Å². The molecule has 3 atom stereocenters. The molecule has 0 fully saturated rings. The highest BCUT2D eigenvalue weighted by Gasteiger charge is 2.33. The third-order valence-corrected chi connectivity index (χ3v) is 8.28. The van der Waals surface area contributed by atoms with Gasteiger partial charge in [-0.2, -0.15) is 0 Å². The molecule has 1 aromatic rings. The zero-order valence-corrected chi connectivity index (χ0v) is 24.4. The summed E-state index contributed by atoms with van der Waals surface area (Å²) >= 11 is 0. The molecule has 1 heterocycles. The van der Waals surface area contributed by atoms with Gasteiger partial charge in [-0.15, -0.1) is 0 Å². The molecule has 0 saturated heterocycles. The molecule has 0 radical (unpaired) electrons. The third kappa shape index (κ3) is 9.29. The van der Waals surface area contributed by atoms with E-state index in [0.717, 1.165) is 24.2 Å². The maximum absolute atomic E-state index is 6.72. The topological polar surface area (TPSA) is 9.23 Å². The van der Waals surface area contributed by atoms with Gasteiger partial charge in [0.1, 0.15) is 11.4 Å². The minimum Gasteiger partial charge on any atom is -0.487 e. The number of rotatable bonds is 12. The van der Waals surface area contributed by atoms with E-state index in [-0.39, 0.29) is 5.60 Å². The molecule has 3 unspecified atom stereocenters. The van der Waals surface area contributed by atoms with Gasteiger partial charge >= 0.3 is 0 Å². The van der Waals surface area contributed by atoms with Crippen molar-refractivity contribution >= 4 is 0 Å². The van der Waals surface area contributed by atoms with E-state index in [2.05, 4.69) is 62.3 Å². The van der Waals surface area contributed by atoms with Crippen molar-refractivity contribution in [2.24, 2.45) is 17.8 Å². The zero-order chi connectivity index (χ0) is 25.2. The van der Waals surface area contributed by atoms with Gasteiger partial charge in [0, 0.05) is 0 Å². The fourth-order valence-electron chi connectivity index (χ4n) is 5.46. The highest BCUT2D eigenvalue weighted by atomic mass is 16.5. The summed E-state index contributed by atoms with van der Waals surface area (Å²) in [5.41, 5.74) is 7.15. The summed E-state index contributed by atoms with van der Waals surface area (Å²) in [5.74, 6) is 3.81. The van der Waals surface area contributed by atoms with Crippen LogP contribution < -0.4 is 4.74 Å². The Balaban J connectivity index is 0.00000265. The summed E-state index contributed by atoms with van der Waals surface area (Å²) in [6.45, 7) is 25.0. The second-order valence-corrected chi connectivity index (χ2v) is 11.7. The number of hydrogen-bond acceptors (Lipinski definition) is 1. The first kappa shape index (κ1) is 30.1. The Bertz CT molecular complexity index is 701. The van der Waals surface area contributed by atoms with Crippen molar-refractivity contribution in [1.82, 2.24) is 0 Å². The van der Waals surface area contributed by atoms with Crippen molar-refractivity contribution in [3.05, 3.63) is 27.8 Å². The number of benzene rings is 1. The van der Waals surface area contributed by atoms with Crippen molar-refractivity contribution in [3.8, 4) is 5.75 Å². The fourth-order valence-corrected chi connectivity index (χ4v) is 5.46. The molecule has 0 aromatic heterocycles. The van der Waals surface area contributed by atoms with Gasteiger partial charge in [-0.3, -0.25) is 0 Å². The van der Waals surface area contributed by atoms with E-state index in [9.17, 15) is 0 Å². The molecule has 0 aliphatic carbocycles. The summed E-state index contributed by atoms with van der Waals surface area (Å²) < 4.78 is 6.72. The molecular weight excluding hydrogens is 400 g/mol. The van der Waals surface area contributed by atoms with E-state index >= 15 is 0 Å². The number of ether oxygens (including phenoxy) is 1. The maximum atomic E-state index is 6.72. The molecule has 192 valence electrons. The lowest BCUT2D eigenvalue weighted by Gasteiger charge is -2.38. The van der Waals surface area contributed by atoms with Crippen LogP contribution in [0.5, 0.6) is 5.75 Å². The zero-order valence-electron chi connectivity index (χ0n) is 24.4. The molecule has 1 aliphatic heterocycles. The van der Waals surface area contributed by atoms with Gasteiger partial charge in [0.25, 0.3) is 0 Å². The molecule has 0 saturated carbocycles. The van der Waals surface area contributed by atoms with Crippen molar-refractivity contribution in [1.29, 1.82) is 0 Å². The van der Waals surface area contributed by atoms with Gasteiger partial charge in [0.15, 0.2) is 0 Å². The molecule has 0 amide bonds. The van der Waals surface area contributed by atoms with E-state index in [0.29, 0.717) is 0 Å². The van der Waals surface area contributed by atoms with E-state index in [1.807, 2.05) is 13.8 Å². The summed E-state index contributed by atoms with van der Waals surface area (Å²) in [4.78, 5) is 0. The summed E-state index contributed by atoms with van der Waals surface area (Å²) in [5, 5.41) is 0. The lowest BCUT2D eigenvalue weighted by molar-refractivity contribution is 0.0513. The number of hydrogen-bond donors (Lipinski definition) is 0. The Labute approximate surface area is 208 Å². The first-order chi connectivity index (χ1) is 15.5. The van der Waals surface area contributed by atoms with Gasteiger partial charge < -0.3 is 4.74 Å². The Morgan fingerprint density at radius 3 is 1.73 bits per heavy atom. The molecule has 0 spiro atoms. The van der Waals surface area contributed by atoms with Crippen LogP contribution in [0.25, 0.3) is 0 Å². The van der Waals surface area contributed by atoms with Crippen LogP contribution in [0.4, 0.5) is 0 Å². The maximum Gasteiger partial charge on any atom is 0.126 e. The standard InChI is InChI=1S/C30H52O.C2H6/c1-21(2)13-10-14-22(3)15-11-16-23(4)17-12-19-30(9)20-18-28-26(7)24(5)25(6)27(8)29(28)31-30;1-2/h21-23H,10-20H2,1-9H3;1-2H3. The van der Waals surface area contributed by atoms with Crippen LogP contribution in [0.15, 0.2) is 0 Å². The molecule has 1 heteroatoms. The minimum atomic E-state index is 0.0105. The third-order valence-electron chi connectivity index (χ3n) is 8.28. The van der Waals surface area contributed by atoms with Crippen LogP contribution in [0.1, 0.15) is 140 Å². The lowest BCUT2D eigenvalue weighted by Crippen LogP contribution is -2.37. The van der Waals surface area contributed by atoms with Gasteiger partial charge in [0.05, 0.1) is 0 Å². The van der Waals surface area contributed by atoms with E-state index in [4.69, 9.17) is 4.74 Å². The van der Waals surface area contributed by atoms with Crippen LogP contribution in [0.2, 0.25) is 0 Å². The average Bonchev–Trinajstić information content (AvgIpc) is 2.77. The predicted molar refractivity (Wildman–Crippen MR) is 149 cm³/mol. The van der Waals surface area contributed by atoms with E-state index in [1.165, 1.54) is 97.8 Å². The van der Waals surface area contributed by atoms with Crippen molar-refractivity contribution < 1.29 is 4.74 Å². The van der Waals surface area contributed by atoms with Gasteiger partial charge in [-0.1, -0.05) is 86.5 Å². The second kappa shape index (κ2) is 14.4. The first-order valence-electron chi connectivity index (χ1n) is 14.3. The smallest absolute Gasteiger partial charge is 0.126 e. The molecule has 0 bridgehead atoms. The molecule has 1 aromatic carbocycles. The van der Waals surface area contributed by atoms with Crippen LogP contribution in [0.3, 0.4) is 0 Å². The minimum absolute atomic E-state index is 0.0105. The Kier molecular flexibility index (Phi) is 13.1. The summed E-state index contributed by atoms with van der Waals surface area (Å²) in [6, 6.07) is 0. The van der Waals surface area contributed by atoms with E-state index in [1.54, 1.807) is 0 Å². The lowest BCUT2D eigenvalue weighted by atomic mass is 9.83.